The van der Waals surface area contributed by atoms with Gasteiger partial charge in [-0.3, -0.25) is 9.48 Å². The molecule has 9 heteroatoms. The molecular formula is C16H18F3N3O3. The highest BCUT2D eigenvalue weighted by atomic mass is 19.4. The van der Waals surface area contributed by atoms with Gasteiger partial charge in [-0.15, -0.1) is 0 Å². The van der Waals surface area contributed by atoms with Crippen molar-refractivity contribution in [2.45, 2.75) is 26.6 Å². The largest absolute Gasteiger partial charge is 0.490 e. The lowest BCUT2D eigenvalue weighted by Crippen LogP contribution is -2.29. The van der Waals surface area contributed by atoms with Crippen LogP contribution in [0.25, 0.3) is 0 Å². The highest BCUT2D eigenvalue weighted by Gasteiger charge is 2.38. The molecular weight excluding hydrogens is 339 g/mol. The number of benzene rings is 1. The molecule has 2 rings (SSSR count). The van der Waals surface area contributed by atoms with Crippen LogP contribution in [0.5, 0.6) is 11.5 Å². The van der Waals surface area contributed by atoms with Crippen molar-refractivity contribution in [1.29, 1.82) is 0 Å². The summed E-state index contributed by atoms with van der Waals surface area (Å²) in [6.45, 7) is 4.99. The third kappa shape index (κ3) is 5.13. The van der Waals surface area contributed by atoms with Crippen LogP contribution in [0.4, 0.5) is 18.9 Å². The molecule has 1 amide bonds. The summed E-state index contributed by atoms with van der Waals surface area (Å²) in [5.74, 6) is -0.835. The van der Waals surface area contributed by atoms with Crippen molar-refractivity contribution in [3.63, 3.8) is 0 Å². The van der Waals surface area contributed by atoms with Crippen LogP contribution < -0.4 is 14.8 Å². The Morgan fingerprint density at radius 2 is 1.88 bits per heavy atom. The predicted octanol–water partition coefficient (Wildman–Crippen LogP) is 3.23. The molecule has 0 spiro atoms. The van der Waals surface area contributed by atoms with Crippen LogP contribution in [0.3, 0.4) is 0 Å². The zero-order chi connectivity index (χ0) is 18.4. The van der Waals surface area contributed by atoms with E-state index < -0.39 is 12.1 Å². The molecule has 0 unspecified atom stereocenters. The maximum absolute atomic E-state index is 12.2. The van der Waals surface area contributed by atoms with Gasteiger partial charge in [-0.25, -0.2) is 0 Å². The Morgan fingerprint density at radius 1 is 1.20 bits per heavy atom. The van der Waals surface area contributed by atoms with Gasteiger partial charge < -0.3 is 14.8 Å². The third-order valence-electron chi connectivity index (χ3n) is 3.10. The maximum Gasteiger partial charge on any atom is 0.471 e. The molecule has 0 saturated carbocycles. The summed E-state index contributed by atoms with van der Waals surface area (Å²) in [6.07, 6.45) is -2.47. The molecule has 136 valence electrons. The summed E-state index contributed by atoms with van der Waals surface area (Å²) in [7, 11) is 0. The molecule has 6 nitrogen and oxygen atoms in total. The van der Waals surface area contributed by atoms with Crippen LogP contribution in [0, 0.1) is 0 Å². The predicted molar refractivity (Wildman–Crippen MR) is 84.8 cm³/mol. The number of rotatable bonds is 7. The third-order valence-corrected chi connectivity index (χ3v) is 3.10. The Balaban J connectivity index is 2.09. The first-order valence-electron chi connectivity index (χ1n) is 7.62. The summed E-state index contributed by atoms with van der Waals surface area (Å²) < 4.78 is 49.1. The van der Waals surface area contributed by atoms with Gasteiger partial charge in [0.25, 0.3) is 0 Å². The number of nitrogens with zero attached hydrogens (tertiary/aromatic N) is 2. The number of anilines is 1. The van der Waals surface area contributed by atoms with E-state index >= 15 is 0 Å². The highest BCUT2D eigenvalue weighted by molar-refractivity contribution is 5.94. The van der Waals surface area contributed by atoms with Crippen molar-refractivity contribution < 1.29 is 27.4 Å². The van der Waals surface area contributed by atoms with Crippen LogP contribution in [-0.2, 0) is 11.3 Å². The number of halogens is 3. The fourth-order valence-corrected chi connectivity index (χ4v) is 2.10. The van der Waals surface area contributed by atoms with E-state index in [-0.39, 0.29) is 5.69 Å². The summed E-state index contributed by atoms with van der Waals surface area (Å²) in [4.78, 5) is 10.9. The zero-order valence-electron chi connectivity index (χ0n) is 13.8. The normalized spacial score (nSPS) is 11.2. The van der Waals surface area contributed by atoms with E-state index in [0.717, 1.165) is 11.8 Å². The molecule has 1 N–H and O–H groups in total. The summed E-state index contributed by atoms with van der Waals surface area (Å²) in [5, 5.41) is 5.70. The molecule has 0 atom stereocenters. The lowest BCUT2D eigenvalue weighted by molar-refractivity contribution is -0.167. The van der Waals surface area contributed by atoms with E-state index in [0.29, 0.717) is 31.3 Å². The molecule has 25 heavy (non-hydrogen) atoms. The molecule has 0 aliphatic heterocycles. The van der Waals surface area contributed by atoms with Gasteiger partial charge in [-0.1, -0.05) is 6.07 Å². The van der Waals surface area contributed by atoms with Crippen LogP contribution >= 0.6 is 0 Å². The first kappa shape index (κ1) is 18.6. The molecule has 1 aromatic carbocycles. The topological polar surface area (TPSA) is 65.4 Å². The smallest absolute Gasteiger partial charge is 0.471 e. The fraction of sp³-hybridized carbons (Fsp3) is 0.375. The summed E-state index contributed by atoms with van der Waals surface area (Å²) >= 11 is 0. The highest BCUT2D eigenvalue weighted by Crippen LogP contribution is 2.29. The molecule has 0 fully saturated rings. The quantitative estimate of drug-likeness (QED) is 0.826. The van der Waals surface area contributed by atoms with E-state index in [1.54, 1.807) is 17.4 Å². The van der Waals surface area contributed by atoms with E-state index in [9.17, 15) is 18.0 Å². The van der Waals surface area contributed by atoms with Gasteiger partial charge in [0.05, 0.1) is 31.6 Å². The zero-order valence-corrected chi connectivity index (χ0v) is 13.8. The summed E-state index contributed by atoms with van der Waals surface area (Å²) in [6, 6.07) is 5.35. The number of amides is 1. The van der Waals surface area contributed by atoms with Crippen molar-refractivity contribution in [3.05, 3.63) is 36.2 Å². The van der Waals surface area contributed by atoms with Crippen LogP contribution in [0.15, 0.2) is 30.6 Å². The minimum Gasteiger partial charge on any atom is -0.490 e. The van der Waals surface area contributed by atoms with E-state index in [2.05, 4.69) is 5.10 Å². The second-order valence-electron chi connectivity index (χ2n) is 5.03. The maximum atomic E-state index is 12.2. The molecule has 0 aliphatic carbocycles. The second kappa shape index (κ2) is 7.91. The minimum absolute atomic E-state index is 0.0294. The van der Waals surface area contributed by atoms with Gasteiger partial charge in [-0.05, 0) is 31.5 Å². The number of aromatic nitrogens is 2. The number of ether oxygens (including phenoxy) is 2. The lowest BCUT2D eigenvalue weighted by atomic mass is 10.2. The van der Waals surface area contributed by atoms with Crippen molar-refractivity contribution in [2.24, 2.45) is 0 Å². The lowest BCUT2D eigenvalue weighted by Gasteiger charge is -2.12. The van der Waals surface area contributed by atoms with Crippen molar-refractivity contribution in [2.75, 3.05) is 18.5 Å². The van der Waals surface area contributed by atoms with Crippen molar-refractivity contribution in [3.8, 4) is 11.5 Å². The van der Waals surface area contributed by atoms with Gasteiger partial charge in [0, 0.05) is 6.20 Å². The molecule has 0 saturated heterocycles. The van der Waals surface area contributed by atoms with Gasteiger partial charge in [-0.2, -0.15) is 18.3 Å². The number of carbonyl (C=O) groups is 1. The average Bonchev–Trinajstić information content (AvgIpc) is 2.96. The standard InChI is InChI=1S/C16H18F3N3O3/c1-3-24-13-6-5-11(7-14(13)25-4-2)9-22-10-12(8-20-22)21-15(23)16(17,18)19/h5-8,10H,3-4,9H2,1-2H3,(H,21,23). The first-order chi connectivity index (χ1) is 11.8. The van der Waals surface area contributed by atoms with Gasteiger partial charge in [0.2, 0.25) is 0 Å². The monoisotopic (exact) mass is 357 g/mol. The molecule has 2 aromatic rings. The van der Waals surface area contributed by atoms with E-state index in [1.807, 2.05) is 19.9 Å². The Labute approximate surface area is 142 Å². The van der Waals surface area contributed by atoms with Crippen LogP contribution in [0.1, 0.15) is 19.4 Å². The molecule has 0 radical (unpaired) electrons. The molecule has 1 heterocycles. The molecule has 0 bridgehead atoms. The summed E-state index contributed by atoms with van der Waals surface area (Å²) in [5.41, 5.74) is 0.794. The van der Waals surface area contributed by atoms with Crippen molar-refractivity contribution in [1.82, 2.24) is 9.78 Å². The van der Waals surface area contributed by atoms with E-state index in [4.69, 9.17) is 9.47 Å². The second-order valence-corrected chi connectivity index (χ2v) is 5.03. The Bertz CT molecular complexity index is 729. The number of alkyl halides is 3. The minimum atomic E-state index is -4.94. The number of hydrogen-bond acceptors (Lipinski definition) is 4. The Kier molecular flexibility index (Phi) is 5.89. The average molecular weight is 357 g/mol. The molecule has 1 aromatic heterocycles. The van der Waals surface area contributed by atoms with Gasteiger partial charge in [0.15, 0.2) is 11.5 Å². The van der Waals surface area contributed by atoms with Crippen LogP contribution in [-0.4, -0.2) is 35.1 Å². The SMILES string of the molecule is CCOc1ccc(Cn2cc(NC(=O)C(F)(F)F)cn2)cc1OCC. The van der Waals surface area contributed by atoms with Crippen molar-refractivity contribution >= 4 is 11.6 Å². The number of hydrogen-bond donors (Lipinski definition) is 1. The van der Waals surface area contributed by atoms with E-state index in [1.165, 1.54) is 10.9 Å². The molecule has 0 aliphatic rings. The first-order valence-corrected chi connectivity index (χ1v) is 7.62. The number of carbonyl (C=O) groups excluding carboxylic acids is 1. The Morgan fingerprint density at radius 3 is 2.52 bits per heavy atom. The fourth-order valence-electron chi connectivity index (χ4n) is 2.10. The van der Waals surface area contributed by atoms with Gasteiger partial charge in [0.1, 0.15) is 0 Å². The van der Waals surface area contributed by atoms with Gasteiger partial charge >= 0.3 is 12.1 Å². The Hall–Kier alpha value is -2.71. The van der Waals surface area contributed by atoms with Crippen LogP contribution in [0.2, 0.25) is 0 Å². The number of nitrogens with one attached hydrogen (secondary N) is 1.